The molecule has 1 N–H and O–H groups in total. The maximum atomic E-state index is 13.0. The van der Waals surface area contributed by atoms with Gasteiger partial charge in [0.1, 0.15) is 0 Å². The molecule has 0 bridgehead atoms. The van der Waals surface area contributed by atoms with Gasteiger partial charge in [-0.2, -0.15) is 13.2 Å². The number of hydrogen-bond donors (Lipinski definition) is 1. The molecule has 0 radical (unpaired) electrons. The van der Waals surface area contributed by atoms with E-state index in [-0.39, 0.29) is 11.3 Å². The molecule has 0 saturated heterocycles. The number of carbonyl (C=O) groups excluding carboxylic acids is 1. The molecule has 0 aliphatic carbocycles. The molecule has 9 heteroatoms. The van der Waals surface area contributed by atoms with Crippen molar-refractivity contribution in [2.45, 2.75) is 17.6 Å². The van der Waals surface area contributed by atoms with Crippen molar-refractivity contribution in [2.24, 2.45) is 0 Å². The van der Waals surface area contributed by atoms with E-state index >= 15 is 0 Å². The van der Waals surface area contributed by atoms with E-state index in [9.17, 15) is 26.4 Å². The molecule has 31 heavy (non-hydrogen) atoms. The van der Waals surface area contributed by atoms with Crippen molar-refractivity contribution in [3.63, 3.8) is 0 Å². The lowest BCUT2D eigenvalue weighted by Gasteiger charge is -2.20. The number of rotatable bonds is 6. The van der Waals surface area contributed by atoms with Crippen LogP contribution in [0.4, 0.5) is 18.9 Å². The van der Waals surface area contributed by atoms with Crippen LogP contribution in [0.2, 0.25) is 0 Å². The first-order chi connectivity index (χ1) is 14.6. The summed E-state index contributed by atoms with van der Waals surface area (Å²) >= 11 is 0. The molecule has 0 fully saturated rings. The monoisotopic (exact) mass is 448 g/mol. The molecule has 0 saturated carbocycles. The topological polar surface area (TPSA) is 66.5 Å². The van der Waals surface area contributed by atoms with Gasteiger partial charge in [-0.3, -0.25) is 9.52 Å². The highest BCUT2D eigenvalue weighted by Gasteiger charge is 2.32. The zero-order valence-corrected chi connectivity index (χ0v) is 17.2. The molecular formula is C22H19F3N2O3S. The number of halogens is 3. The van der Waals surface area contributed by atoms with Crippen LogP contribution in [0.1, 0.15) is 21.5 Å². The van der Waals surface area contributed by atoms with E-state index < -0.39 is 32.6 Å². The van der Waals surface area contributed by atoms with Gasteiger partial charge in [0.2, 0.25) is 0 Å². The third-order valence-electron chi connectivity index (χ3n) is 4.48. The SMILES string of the molecule is CN(Cc1ccccc1)C(=O)c1ccccc1NS(=O)(=O)c1cccc(C(F)(F)F)c1. The molecule has 5 nitrogen and oxygen atoms in total. The third kappa shape index (κ3) is 5.43. The largest absolute Gasteiger partial charge is 0.416 e. The molecular weight excluding hydrogens is 429 g/mol. The zero-order chi connectivity index (χ0) is 22.6. The fourth-order valence-electron chi connectivity index (χ4n) is 2.94. The van der Waals surface area contributed by atoms with Crippen molar-refractivity contribution < 1.29 is 26.4 Å². The molecule has 0 aliphatic rings. The number of anilines is 1. The first-order valence-corrected chi connectivity index (χ1v) is 10.6. The normalized spacial score (nSPS) is 11.7. The number of amides is 1. The molecule has 0 atom stereocenters. The van der Waals surface area contributed by atoms with Crippen LogP contribution in [0.15, 0.2) is 83.8 Å². The second-order valence-corrected chi connectivity index (χ2v) is 8.51. The summed E-state index contributed by atoms with van der Waals surface area (Å²) in [6.45, 7) is 0.300. The van der Waals surface area contributed by atoms with Crippen LogP contribution < -0.4 is 4.72 Å². The van der Waals surface area contributed by atoms with Gasteiger partial charge in [0.25, 0.3) is 15.9 Å². The van der Waals surface area contributed by atoms with Crippen molar-refractivity contribution in [3.05, 3.63) is 95.6 Å². The van der Waals surface area contributed by atoms with Crippen LogP contribution in [0.25, 0.3) is 0 Å². The predicted octanol–water partition coefficient (Wildman–Crippen LogP) is 4.78. The molecule has 0 aromatic heterocycles. The molecule has 0 spiro atoms. The Bertz CT molecular complexity index is 1180. The van der Waals surface area contributed by atoms with Gasteiger partial charge in [-0.15, -0.1) is 0 Å². The first-order valence-electron chi connectivity index (χ1n) is 9.16. The highest BCUT2D eigenvalue weighted by Crippen LogP contribution is 2.31. The molecule has 3 rings (SSSR count). The summed E-state index contributed by atoms with van der Waals surface area (Å²) in [6.07, 6.45) is -4.68. The van der Waals surface area contributed by atoms with Crippen molar-refractivity contribution in [1.29, 1.82) is 0 Å². The second-order valence-electron chi connectivity index (χ2n) is 6.82. The molecule has 162 valence electrons. The van der Waals surface area contributed by atoms with Crippen LogP contribution in [0.5, 0.6) is 0 Å². The van der Waals surface area contributed by atoms with Crippen LogP contribution in [-0.2, 0) is 22.7 Å². The molecule has 0 unspecified atom stereocenters. The van der Waals surface area contributed by atoms with E-state index in [0.29, 0.717) is 12.6 Å². The predicted molar refractivity (Wildman–Crippen MR) is 111 cm³/mol. The Hall–Kier alpha value is -3.33. The minimum absolute atomic E-state index is 0.0233. The maximum absolute atomic E-state index is 13.0. The lowest BCUT2D eigenvalue weighted by molar-refractivity contribution is -0.137. The van der Waals surface area contributed by atoms with E-state index in [1.54, 1.807) is 13.1 Å². The smallest absolute Gasteiger partial charge is 0.337 e. The van der Waals surface area contributed by atoms with Gasteiger partial charge in [-0.25, -0.2) is 8.42 Å². The van der Waals surface area contributed by atoms with Crippen molar-refractivity contribution >= 4 is 21.6 Å². The number of para-hydroxylation sites is 1. The van der Waals surface area contributed by atoms with Gasteiger partial charge in [-0.1, -0.05) is 48.5 Å². The van der Waals surface area contributed by atoms with E-state index in [4.69, 9.17) is 0 Å². The summed E-state index contributed by atoms with van der Waals surface area (Å²) in [5.74, 6) is -0.439. The minimum Gasteiger partial charge on any atom is -0.337 e. The van der Waals surface area contributed by atoms with Gasteiger partial charge >= 0.3 is 6.18 Å². The van der Waals surface area contributed by atoms with E-state index in [2.05, 4.69) is 4.72 Å². The molecule has 0 aliphatic heterocycles. The Morgan fingerprint density at radius 3 is 2.26 bits per heavy atom. The molecule has 3 aromatic rings. The van der Waals surface area contributed by atoms with Gasteiger partial charge in [0.05, 0.1) is 21.7 Å². The number of nitrogens with zero attached hydrogens (tertiary/aromatic N) is 1. The third-order valence-corrected chi connectivity index (χ3v) is 5.85. The van der Waals surface area contributed by atoms with E-state index in [0.717, 1.165) is 23.8 Å². The van der Waals surface area contributed by atoms with Crippen molar-refractivity contribution in [1.82, 2.24) is 4.90 Å². The Morgan fingerprint density at radius 1 is 0.935 bits per heavy atom. The van der Waals surface area contributed by atoms with E-state index in [1.165, 1.54) is 23.1 Å². The number of benzene rings is 3. The average Bonchev–Trinajstić information content (AvgIpc) is 2.73. The van der Waals surface area contributed by atoms with Gasteiger partial charge in [-0.05, 0) is 35.9 Å². The van der Waals surface area contributed by atoms with Crippen LogP contribution in [0.3, 0.4) is 0 Å². The first kappa shape index (κ1) is 22.4. The zero-order valence-electron chi connectivity index (χ0n) is 16.4. The number of carbonyl (C=O) groups is 1. The fraction of sp³-hybridized carbons (Fsp3) is 0.136. The maximum Gasteiger partial charge on any atom is 0.416 e. The fourth-order valence-corrected chi connectivity index (χ4v) is 4.06. The molecule has 1 amide bonds. The Morgan fingerprint density at radius 2 is 1.58 bits per heavy atom. The van der Waals surface area contributed by atoms with Gasteiger partial charge < -0.3 is 4.90 Å². The lowest BCUT2D eigenvalue weighted by atomic mass is 10.1. The highest BCUT2D eigenvalue weighted by atomic mass is 32.2. The standard InChI is InChI=1S/C22H19F3N2O3S/c1-27(15-16-8-3-2-4-9-16)21(28)19-12-5-6-13-20(19)26-31(29,30)18-11-7-10-17(14-18)22(23,24)25/h2-14,26H,15H2,1H3. The quantitative estimate of drug-likeness (QED) is 0.590. The number of sulfonamides is 1. The van der Waals surface area contributed by atoms with Crippen LogP contribution in [0, 0.1) is 0 Å². The summed E-state index contributed by atoms with van der Waals surface area (Å²) < 4.78 is 66.5. The highest BCUT2D eigenvalue weighted by molar-refractivity contribution is 7.92. The second kappa shape index (κ2) is 8.81. The summed E-state index contributed by atoms with van der Waals surface area (Å²) in [4.78, 5) is 13.8. The number of hydrogen-bond acceptors (Lipinski definition) is 3. The number of nitrogens with one attached hydrogen (secondary N) is 1. The van der Waals surface area contributed by atoms with Crippen molar-refractivity contribution in [3.8, 4) is 0 Å². The van der Waals surface area contributed by atoms with Crippen LogP contribution in [-0.4, -0.2) is 26.3 Å². The molecule has 0 heterocycles. The van der Waals surface area contributed by atoms with Crippen molar-refractivity contribution in [2.75, 3.05) is 11.8 Å². The summed E-state index contributed by atoms with van der Waals surface area (Å²) in [5, 5.41) is 0. The molecule has 3 aromatic carbocycles. The summed E-state index contributed by atoms with van der Waals surface area (Å²) in [5.41, 5.74) is -0.135. The Labute approximate surface area is 178 Å². The van der Waals surface area contributed by atoms with Gasteiger partial charge in [0, 0.05) is 13.6 Å². The van der Waals surface area contributed by atoms with E-state index in [1.807, 2.05) is 30.3 Å². The minimum atomic E-state index is -4.68. The Balaban J connectivity index is 1.87. The van der Waals surface area contributed by atoms with Gasteiger partial charge in [0.15, 0.2) is 0 Å². The van der Waals surface area contributed by atoms with Crippen LogP contribution >= 0.6 is 0 Å². The summed E-state index contributed by atoms with van der Waals surface area (Å²) in [7, 11) is -2.78. The lowest BCUT2D eigenvalue weighted by Crippen LogP contribution is -2.27. The summed E-state index contributed by atoms with van der Waals surface area (Å²) in [6, 6.07) is 18.6. The average molecular weight is 448 g/mol. The number of alkyl halides is 3. The Kier molecular flexibility index (Phi) is 6.35.